The molecule has 0 radical (unpaired) electrons. The van der Waals surface area contributed by atoms with Crippen molar-refractivity contribution >= 4 is 17.5 Å². The van der Waals surface area contributed by atoms with E-state index in [1.54, 1.807) is 4.90 Å². The fourth-order valence-corrected chi connectivity index (χ4v) is 3.84. The van der Waals surface area contributed by atoms with Gasteiger partial charge in [0.2, 0.25) is 0 Å². The highest BCUT2D eigenvalue weighted by Crippen LogP contribution is 2.23. The SMILES string of the molecule is Cc1nc(N2CCCCC2)cc(N2CCN(C(=O)c3ccncc3F)CC2)n1. The van der Waals surface area contributed by atoms with Crippen molar-refractivity contribution in [1.82, 2.24) is 19.9 Å². The summed E-state index contributed by atoms with van der Waals surface area (Å²) >= 11 is 0. The van der Waals surface area contributed by atoms with E-state index in [-0.39, 0.29) is 11.5 Å². The van der Waals surface area contributed by atoms with Crippen LogP contribution in [-0.2, 0) is 0 Å². The molecule has 0 aliphatic carbocycles. The Morgan fingerprint density at radius 2 is 1.61 bits per heavy atom. The van der Waals surface area contributed by atoms with E-state index in [2.05, 4.69) is 30.8 Å². The Morgan fingerprint density at radius 3 is 2.25 bits per heavy atom. The van der Waals surface area contributed by atoms with Crippen molar-refractivity contribution in [3.05, 3.63) is 41.7 Å². The van der Waals surface area contributed by atoms with Crippen molar-refractivity contribution < 1.29 is 9.18 Å². The van der Waals surface area contributed by atoms with Gasteiger partial charge in [0.15, 0.2) is 5.82 Å². The Hall–Kier alpha value is -2.77. The van der Waals surface area contributed by atoms with E-state index in [0.29, 0.717) is 26.2 Å². The number of aryl methyl sites for hydroxylation is 1. The van der Waals surface area contributed by atoms with Crippen molar-refractivity contribution in [3.8, 4) is 0 Å². The van der Waals surface area contributed by atoms with Gasteiger partial charge in [-0.3, -0.25) is 9.78 Å². The van der Waals surface area contributed by atoms with Crippen molar-refractivity contribution in [1.29, 1.82) is 0 Å². The molecule has 2 aliphatic heterocycles. The minimum atomic E-state index is -0.576. The third kappa shape index (κ3) is 3.90. The van der Waals surface area contributed by atoms with Gasteiger partial charge < -0.3 is 14.7 Å². The molecule has 4 heterocycles. The summed E-state index contributed by atoms with van der Waals surface area (Å²) in [5, 5.41) is 0. The first-order valence-electron chi connectivity index (χ1n) is 9.86. The van der Waals surface area contributed by atoms with Crippen molar-refractivity contribution in [2.45, 2.75) is 26.2 Å². The first-order chi connectivity index (χ1) is 13.6. The number of nitrogens with zero attached hydrogens (tertiary/aromatic N) is 6. The van der Waals surface area contributed by atoms with Crippen LogP contribution in [0.25, 0.3) is 0 Å². The van der Waals surface area contributed by atoms with Gasteiger partial charge in [-0.1, -0.05) is 0 Å². The molecule has 0 aromatic carbocycles. The molecule has 2 aromatic rings. The highest BCUT2D eigenvalue weighted by Gasteiger charge is 2.25. The van der Waals surface area contributed by atoms with Gasteiger partial charge in [-0.05, 0) is 32.3 Å². The lowest BCUT2D eigenvalue weighted by Crippen LogP contribution is -2.49. The minimum absolute atomic E-state index is 0.0775. The fraction of sp³-hybridized carbons (Fsp3) is 0.500. The average Bonchev–Trinajstić information content (AvgIpc) is 2.74. The molecule has 2 aromatic heterocycles. The molecule has 2 fully saturated rings. The van der Waals surface area contributed by atoms with Gasteiger partial charge in [0.25, 0.3) is 5.91 Å². The van der Waals surface area contributed by atoms with Crippen molar-refractivity contribution in [3.63, 3.8) is 0 Å². The van der Waals surface area contributed by atoms with Crippen LogP contribution in [-0.4, -0.2) is 65.0 Å². The second-order valence-electron chi connectivity index (χ2n) is 7.31. The van der Waals surface area contributed by atoms with E-state index in [1.165, 1.54) is 31.5 Å². The molecule has 2 aliphatic rings. The molecule has 1 amide bonds. The van der Waals surface area contributed by atoms with Crippen LogP contribution in [0.4, 0.5) is 16.0 Å². The summed E-state index contributed by atoms with van der Waals surface area (Å²) in [4.78, 5) is 31.7. The summed E-state index contributed by atoms with van der Waals surface area (Å²) in [5.74, 6) is 1.78. The molecule has 148 valence electrons. The highest BCUT2D eigenvalue weighted by atomic mass is 19.1. The summed E-state index contributed by atoms with van der Waals surface area (Å²) in [6.07, 6.45) is 6.20. The largest absolute Gasteiger partial charge is 0.356 e. The summed E-state index contributed by atoms with van der Waals surface area (Å²) in [6.45, 7) is 6.38. The first kappa shape index (κ1) is 18.6. The van der Waals surface area contributed by atoms with Crippen molar-refractivity contribution in [2.24, 2.45) is 0 Å². The fourth-order valence-electron chi connectivity index (χ4n) is 3.84. The Labute approximate surface area is 164 Å². The number of hydrogen-bond acceptors (Lipinski definition) is 6. The topological polar surface area (TPSA) is 65.5 Å². The quantitative estimate of drug-likeness (QED) is 0.809. The number of rotatable bonds is 3. The lowest BCUT2D eigenvalue weighted by atomic mass is 10.1. The first-order valence-corrected chi connectivity index (χ1v) is 9.86. The Balaban J connectivity index is 1.44. The smallest absolute Gasteiger partial charge is 0.257 e. The van der Waals surface area contributed by atoms with Gasteiger partial charge in [-0.25, -0.2) is 14.4 Å². The summed E-state index contributed by atoms with van der Waals surface area (Å²) in [6, 6.07) is 3.49. The number of carbonyl (C=O) groups excluding carboxylic acids is 1. The molecule has 0 atom stereocenters. The van der Waals surface area contributed by atoms with E-state index in [9.17, 15) is 9.18 Å². The maximum absolute atomic E-state index is 13.9. The van der Waals surface area contributed by atoms with Crippen LogP contribution in [0.5, 0.6) is 0 Å². The summed E-state index contributed by atoms with van der Waals surface area (Å²) in [5.41, 5.74) is 0.0775. The second kappa shape index (κ2) is 8.08. The highest BCUT2D eigenvalue weighted by molar-refractivity contribution is 5.94. The van der Waals surface area contributed by atoms with Crippen LogP contribution in [0.15, 0.2) is 24.5 Å². The average molecular weight is 384 g/mol. The number of pyridine rings is 1. The Morgan fingerprint density at radius 1 is 0.964 bits per heavy atom. The molecule has 4 rings (SSSR count). The number of anilines is 2. The molecule has 0 N–H and O–H groups in total. The maximum atomic E-state index is 13.9. The lowest BCUT2D eigenvalue weighted by molar-refractivity contribution is 0.0741. The molecule has 0 bridgehead atoms. The maximum Gasteiger partial charge on any atom is 0.257 e. The number of hydrogen-bond donors (Lipinski definition) is 0. The van der Waals surface area contributed by atoms with E-state index in [0.717, 1.165) is 36.7 Å². The van der Waals surface area contributed by atoms with Gasteiger partial charge in [0.1, 0.15) is 17.5 Å². The monoisotopic (exact) mass is 384 g/mol. The molecule has 28 heavy (non-hydrogen) atoms. The Kier molecular flexibility index (Phi) is 5.36. The zero-order valence-corrected chi connectivity index (χ0v) is 16.1. The van der Waals surface area contributed by atoms with Crippen LogP contribution < -0.4 is 9.80 Å². The number of halogens is 1. The Bertz CT molecular complexity index is 846. The van der Waals surface area contributed by atoms with Crippen LogP contribution in [0.3, 0.4) is 0 Å². The van der Waals surface area contributed by atoms with Crippen LogP contribution in [0.2, 0.25) is 0 Å². The number of piperidine rings is 1. The normalized spacial score (nSPS) is 17.7. The van der Waals surface area contributed by atoms with Crippen LogP contribution >= 0.6 is 0 Å². The molecule has 2 saturated heterocycles. The molecular weight excluding hydrogens is 359 g/mol. The zero-order chi connectivity index (χ0) is 19.5. The molecule has 7 nitrogen and oxygen atoms in total. The van der Waals surface area contributed by atoms with E-state index >= 15 is 0 Å². The summed E-state index contributed by atoms with van der Waals surface area (Å²) in [7, 11) is 0. The predicted molar refractivity (Wildman–Crippen MR) is 105 cm³/mol. The second-order valence-corrected chi connectivity index (χ2v) is 7.31. The van der Waals surface area contributed by atoms with Gasteiger partial charge in [0, 0.05) is 51.5 Å². The third-order valence-electron chi connectivity index (χ3n) is 5.38. The van der Waals surface area contributed by atoms with Crippen LogP contribution in [0.1, 0.15) is 35.4 Å². The molecule has 0 unspecified atom stereocenters. The lowest BCUT2D eigenvalue weighted by Gasteiger charge is -2.36. The number of amides is 1. The van der Waals surface area contributed by atoms with Gasteiger partial charge in [-0.2, -0.15) is 0 Å². The predicted octanol–water partition coefficient (Wildman–Crippen LogP) is 2.27. The molecule has 0 saturated carbocycles. The molecule has 8 heteroatoms. The number of aromatic nitrogens is 3. The van der Waals surface area contributed by atoms with E-state index in [1.807, 2.05) is 6.92 Å². The standard InChI is InChI=1S/C20H25FN6O/c1-15-23-18(25-7-3-2-4-8-25)13-19(24-15)26-9-11-27(12-10-26)20(28)16-5-6-22-14-17(16)21/h5-6,13-14H,2-4,7-12H2,1H3. The molecular formula is C20H25FN6O. The minimum Gasteiger partial charge on any atom is -0.356 e. The van der Waals surface area contributed by atoms with E-state index in [4.69, 9.17) is 0 Å². The van der Waals surface area contributed by atoms with Crippen LogP contribution in [0, 0.1) is 12.7 Å². The molecule has 0 spiro atoms. The van der Waals surface area contributed by atoms with Crippen molar-refractivity contribution in [2.75, 3.05) is 49.1 Å². The number of carbonyl (C=O) groups is 1. The number of piperazine rings is 1. The van der Waals surface area contributed by atoms with Gasteiger partial charge in [-0.15, -0.1) is 0 Å². The zero-order valence-electron chi connectivity index (χ0n) is 16.1. The summed E-state index contributed by atoms with van der Waals surface area (Å²) < 4.78 is 13.9. The van der Waals surface area contributed by atoms with Gasteiger partial charge >= 0.3 is 0 Å². The van der Waals surface area contributed by atoms with E-state index < -0.39 is 5.82 Å². The third-order valence-corrected chi connectivity index (χ3v) is 5.38. The van der Waals surface area contributed by atoms with Gasteiger partial charge in [0.05, 0.1) is 11.8 Å².